The monoisotopic (exact) mass is 235 g/mol. The molecule has 0 rings (SSSR count). The molecule has 0 radical (unpaired) electrons. The van der Waals surface area contributed by atoms with E-state index in [1.165, 1.54) is 0 Å². The van der Waals surface area contributed by atoms with Crippen molar-refractivity contribution in [1.29, 1.82) is 0 Å². The van der Waals surface area contributed by atoms with Crippen LogP contribution in [0.2, 0.25) is 0 Å². The average molecular weight is 235 g/mol. The fourth-order valence-corrected chi connectivity index (χ4v) is 3.79. The van der Waals surface area contributed by atoms with Crippen molar-refractivity contribution in [2.24, 2.45) is 0 Å². The Bertz CT molecular complexity index is 162. The van der Waals surface area contributed by atoms with Gasteiger partial charge in [0, 0.05) is 19.8 Å². The number of hydrogen-bond donors (Lipinski definition) is 1. The van der Waals surface area contributed by atoms with Crippen LogP contribution < -0.4 is 5.32 Å². The molecular formula is C9H21NO4Si. The zero-order valence-electron chi connectivity index (χ0n) is 9.91. The molecule has 0 aliphatic rings. The summed E-state index contributed by atoms with van der Waals surface area (Å²) in [4.78, 5) is 10.4. The van der Waals surface area contributed by atoms with Gasteiger partial charge in [-0.1, -0.05) is 0 Å². The summed E-state index contributed by atoms with van der Waals surface area (Å²) >= 11 is 0. The lowest BCUT2D eigenvalue weighted by molar-refractivity contribution is -0.110. The Kier molecular flexibility index (Phi) is 7.58. The summed E-state index contributed by atoms with van der Waals surface area (Å²) in [5.74, 6) is 0. The maximum atomic E-state index is 10.4. The van der Waals surface area contributed by atoms with Gasteiger partial charge in [-0.25, -0.2) is 0 Å². The van der Waals surface area contributed by atoms with E-state index in [9.17, 15) is 4.79 Å². The molecule has 1 unspecified atom stereocenters. The Balaban J connectivity index is 4.64. The summed E-state index contributed by atoms with van der Waals surface area (Å²) in [6, 6.07) is 0. The predicted octanol–water partition coefficient (Wildman–Crippen LogP) is 0.708. The van der Waals surface area contributed by atoms with Crippen molar-refractivity contribution in [2.45, 2.75) is 33.4 Å². The van der Waals surface area contributed by atoms with Gasteiger partial charge >= 0.3 is 8.80 Å². The molecule has 1 N–H and O–H groups in total. The Labute approximate surface area is 92.5 Å². The van der Waals surface area contributed by atoms with Crippen LogP contribution in [0.15, 0.2) is 0 Å². The number of carbonyl (C=O) groups excluding carboxylic acids is 1. The van der Waals surface area contributed by atoms with Crippen LogP contribution in [0.3, 0.4) is 0 Å². The quantitative estimate of drug-likeness (QED) is 0.472. The lowest BCUT2D eigenvalue weighted by atomic mass is 10.7. The highest BCUT2D eigenvalue weighted by Crippen LogP contribution is 2.14. The van der Waals surface area contributed by atoms with Gasteiger partial charge in [0.2, 0.25) is 6.41 Å². The number of rotatable bonds is 9. The lowest BCUT2D eigenvalue weighted by Crippen LogP contribution is -2.60. The van der Waals surface area contributed by atoms with Crippen LogP contribution in [-0.4, -0.2) is 40.7 Å². The number of nitrogens with one attached hydrogen (secondary N) is 1. The highest BCUT2D eigenvalue weighted by molar-refractivity contribution is 6.62. The third kappa shape index (κ3) is 4.29. The second kappa shape index (κ2) is 7.81. The van der Waals surface area contributed by atoms with E-state index in [0.29, 0.717) is 26.2 Å². The molecule has 15 heavy (non-hydrogen) atoms. The first-order valence-electron chi connectivity index (χ1n) is 5.28. The van der Waals surface area contributed by atoms with Crippen LogP contribution in [0.4, 0.5) is 0 Å². The SMILES string of the molecule is CCO[Si](OCC)(OCC)C(C)NC=O. The van der Waals surface area contributed by atoms with E-state index in [4.69, 9.17) is 13.3 Å². The molecule has 6 heteroatoms. The van der Waals surface area contributed by atoms with E-state index in [1.54, 1.807) is 0 Å². The highest BCUT2D eigenvalue weighted by atomic mass is 28.4. The van der Waals surface area contributed by atoms with Crippen molar-refractivity contribution >= 4 is 15.2 Å². The molecule has 0 fully saturated rings. The van der Waals surface area contributed by atoms with E-state index < -0.39 is 8.80 Å². The number of carbonyl (C=O) groups is 1. The Morgan fingerprint density at radius 3 is 1.80 bits per heavy atom. The fraction of sp³-hybridized carbons (Fsp3) is 0.889. The van der Waals surface area contributed by atoms with Crippen LogP contribution >= 0.6 is 0 Å². The molecule has 0 bridgehead atoms. The summed E-state index contributed by atoms with van der Waals surface area (Å²) in [5, 5.41) is 2.65. The third-order valence-electron chi connectivity index (χ3n) is 1.88. The molecule has 0 saturated heterocycles. The van der Waals surface area contributed by atoms with Crippen LogP contribution in [0.25, 0.3) is 0 Å². The molecule has 90 valence electrons. The van der Waals surface area contributed by atoms with Crippen LogP contribution in [0.1, 0.15) is 27.7 Å². The molecule has 0 saturated carbocycles. The number of hydrogen-bond acceptors (Lipinski definition) is 4. The van der Waals surface area contributed by atoms with Gasteiger partial charge in [-0.05, 0) is 27.7 Å². The Morgan fingerprint density at radius 1 is 1.13 bits per heavy atom. The smallest absolute Gasteiger partial charge is 0.373 e. The van der Waals surface area contributed by atoms with Gasteiger partial charge < -0.3 is 18.6 Å². The third-order valence-corrected chi connectivity index (χ3v) is 5.19. The summed E-state index contributed by atoms with van der Waals surface area (Å²) in [6.07, 6.45) is 0.642. The first kappa shape index (κ1) is 14.6. The van der Waals surface area contributed by atoms with Crippen LogP contribution in [0, 0.1) is 0 Å². The summed E-state index contributed by atoms with van der Waals surface area (Å²) in [6.45, 7) is 9.02. The Hall–Kier alpha value is -0.433. The minimum atomic E-state index is -2.76. The molecule has 0 aliphatic heterocycles. The normalized spacial score (nSPS) is 13.6. The van der Waals surface area contributed by atoms with Gasteiger partial charge in [-0.3, -0.25) is 4.79 Å². The van der Waals surface area contributed by atoms with Crippen molar-refractivity contribution in [3.63, 3.8) is 0 Å². The minimum Gasteiger partial charge on any atom is -0.373 e. The molecule has 1 atom stereocenters. The second-order valence-corrected chi connectivity index (χ2v) is 5.85. The summed E-state index contributed by atoms with van der Waals surface area (Å²) in [5.41, 5.74) is -0.227. The largest absolute Gasteiger partial charge is 0.524 e. The van der Waals surface area contributed by atoms with E-state index in [0.717, 1.165) is 0 Å². The molecule has 5 nitrogen and oxygen atoms in total. The van der Waals surface area contributed by atoms with E-state index in [2.05, 4.69) is 5.32 Å². The van der Waals surface area contributed by atoms with E-state index in [1.807, 2.05) is 27.7 Å². The van der Waals surface area contributed by atoms with Crippen molar-refractivity contribution in [2.75, 3.05) is 19.8 Å². The van der Waals surface area contributed by atoms with Gasteiger partial charge in [0.15, 0.2) is 0 Å². The van der Waals surface area contributed by atoms with Gasteiger partial charge in [0.1, 0.15) is 0 Å². The lowest BCUT2D eigenvalue weighted by Gasteiger charge is -2.32. The fourth-order valence-electron chi connectivity index (χ4n) is 1.31. The standard InChI is InChI=1S/C9H21NO4Si/c1-5-12-15(13-6-2,14-7-3)9(4)10-8-11/h8-9H,5-7H2,1-4H3,(H,10,11). The average Bonchev–Trinajstić information content (AvgIpc) is 2.19. The van der Waals surface area contributed by atoms with Crippen molar-refractivity contribution < 1.29 is 18.1 Å². The van der Waals surface area contributed by atoms with Crippen molar-refractivity contribution in [3.05, 3.63) is 0 Å². The van der Waals surface area contributed by atoms with Gasteiger partial charge in [-0.15, -0.1) is 0 Å². The van der Waals surface area contributed by atoms with Gasteiger partial charge in [0.25, 0.3) is 0 Å². The summed E-state index contributed by atoms with van der Waals surface area (Å²) in [7, 11) is -2.76. The number of amides is 1. The van der Waals surface area contributed by atoms with E-state index >= 15 is 0 Å². The zero-order valence-corrected chi connectivity index (χ0v) is 10.9. The minimum absolute atomic E-state index is 0.227. The van der Waals surface area contributed by atoms with Gasteiger partial charge in [0.05, 0.1) is 5.67 Å². The molecule has 0 aromatic rings. The van der Waals surface area contributed by atoms with E-state index in [-0.39, 0.29) is 5.67 Å². The second-order valence-electron chi connectivity index (χ2n) is 2.91. The van der Waals surface area contributed by atoms with Crippen LogP contribution in [0.5, 0.6) is 0 Å². The molecule has 0 aromatic heterocycles. The molecule has 0 spiro atoms. The van der Waals surface area contributed by atoms with Crippen molar-refractivity contribution in [1.82, 2.24) is 5.32 Å². The highest BCUT2D eigenvalue weighted by Gasteiger charge is 2.46. The topological polar surface area (TPSA) is 56.8 Å². The maximum Gasteiger partial charge on any atom is 0.524 e. The zero-order chi connectivity index (χ0) is 11.7. The maximum absolute atomic E-state index is 10.4. The molecule has 0 aliphatic carbocycles. The predicted molar refractivity (Wildman–Crippen MR) is 59.3 cm³/mol. The van der Waals surface area contributed by atoms with Gasteiger partial charge in [-0.2, -0.15) is 0 Å². The molecule has 0 aromatic carbocycles. The first-order chi connectivity index (χ1) is 7.16. The Morgan fingerprint density at radius 2 is 1.53 bits per heavy atom. The summed E-state index contributed by atoms with van der Waals surface area (Å²) < 4.78 is 16.8. The first-order valence-corrected chi connectivity index (χ1v) is 7.08. The molecule has 0 heterocycles. The van der Waals surface area contributed by atoms with Crippen LogP contribution in [-0.2, 0) is 18.1 Å². The molecular weight excluding hydrogens is 214 g/mol. The molecule has 1 amide bonds. The van der Waals surface area contributed by atoms with Crippen molar-refractivity contribution in [3.8, 4) is 0 Å².